The Kier molecular flexibility index (Phi) is 3.69. The summed E-state index contributed by atoms with van der Waals surface area (Å²) >= 11 is 0. The zero-order chi connectivity index (χ0) is 16.4. The second-order valence-electron chi connectivity index (χ2n) is 4.85. The van der Waals surface area contributed by atoms with E-state index in [1.54, 1.807) is 24.3 Å². The summed E-state index contributed by atoms with van der Waals surface area (Å²) in [5.41, 5.74) is 2.05. The summed E-state index contributed by atoms with van der Waals surface area (Å²) in [4.78, 5) is 7.21. The Hall–Kier alpha value is -3.33. The van der Waals surface area contributed by atoms with Gasteiger partial charge in [0.1, 0.15) is 17.7 Å². The fraction of sp³-hybridized carbons (Fsp3) is 0.0588. The van der Waals surface area contributed by atoms with E-state index in [4.69, 9.17) is 4.74 Å². The maximum Gasteiger partial charge on any atom is 0.161 e. The molecule has 0 unspecified atom stereocenters. The molecule has 0 aliphatic carbocycles. The number of aromatic nitrogens is 2. The van der Waals surface area contributed by atoms with Crippen LogP contribution < -0.4 is 4.74 Å². The van der Waals surface area contributed by atoms with Gasteiger partial charge in [0.05, 0.1) is 23.7 Å². The van der Waals surface area contributed by atoms with E-state index in [9.17, 15) is 14.8 Å². The van der Waals surface area contributed by atoms with Crippen molar-refractivity contribution in [3.05, 3.63) is 53.6 Å². The number of halogens is 1. The lowest BCUT2D eigenvalue weighted by atomic mass is 10.1. The van der Waals surface area contributed by atoms with E-state index in [1.165, 1.54) is 25.3 Å². The van der Waals surface area contributed by atoms with Crippen LogP contribution in [0.2, 0.25) is 0 Å². The summed E-state index contributed by atoms with van der Waals surface area (Å²) in [5, 5.41) is 19.0. The van der Waals surface area contributed by atoms with Crippen molar-refractivity contribution in [3.63, 3.8) is 0 Å². The number of rotatable bonds is 3. The molecule has 0 atom stereocenters. The Balaban J connectivity index is 2.05. The molecule has 1 aromatic heterocycles. The fourth-order valence-electron chi connectivity index (χ4n) is 2.21. The van der Waals surface area contributed by atoms with Crippen molar-refractivity contribution in [1.29, 1.82) is 5.26 Å². The number of H-pyrrole nitrogens is 1. The number of aromatic amines is 1. The van der Waals surface area contributed by atoms with Crippen molar-refractivity contribution in [3.8, 4) is 17.6 Å². The lowest BCUT2D eigenvalue weighted by molar-refractivity contribution is 0.373. The van der Waals surface area contributed by atoms with E-state index >= 15 is 0 Å². The van der Waals surface area contributed by atoms with Crippen LogP contribution in [0.3, 0.4) is 0 Å². The Bertz CT molecular complexity index is 954. The number of hydrogen-bond acceptors (Lipinski definition) is 4. The molecular weight excluding hydrogens is 297 g/mol. The van der Waals surface area contributed by atoms with Crippen LogP contribution in [-0.2, 0) is 0 Å². The van der Waals surface area contributed by atoms with Crippen LogP contribution in [0.4, 0.5) is 4.39 Å². The molecule has 114 valence electrons. The maximum absolute atomic E-state index is 13.2. The van der Waals surface area contributed by atoms with Gasteiger partial charge in [0.25, 0.3) is 0 Å². The van der Waals surface area contributed by atoms with Gasteiger partial charge < -0.3 is 14.8 Å². The number of allylic oxidation sites excluding steroid dienone is 1. The van der Waals surface area contributed by atoms with E-state index in [1.807, 2.05) is 0 Å². The van der Waals surface area contributed by atoms with Gasteiger partial charge in [0.2, 0.25) is 0 Å². The van der Waals surface area contributed by atoms with Gasteiger partial charge in [-0.05, 0) is 42.0 Å². The first kappa shape index (κ1) is 14.6. The van der Waals surface area contributed by atoms with Crippen LogP contribution in [0, 0.1) is 17.1 Å². The Morgan fingerprint density at radius 1 is 1.35 bits per heavy atom. The minimum atomic E-state index is -0.376. The van der Waals surface area contributed by atoms with E-state index < -0.39 is 0 Å². The van der Waals surface area contributed by atoms with Gasteiger partial charge in [-0.25, -0.2) is 9.37 Å². The highest BCUT2D eigenvalue weighted by molar-refractivity contribution is 5.90. The van der Waals surface area contributed by atoms with Crippen LogP contribution in [0.15, 0.2) is 36.4 Å². The van der Waals surface area contributed by atoms with E-state index in [-0.39, 0.29) is 17.1 Å². The van der Waals surface area contributed by atoms with Crippen molar-refractivity contribution in [2.75, 3.05) is 7.11 Å². The van der Waals surface area contributed by atoms with E-state index in [0.29, 0.717) is 28.2 Å². The van der Waals surface area contributed by atoms with Crippen LogP contribution in [0.1, 0.15) is 11.4 Å². The third kappa shape index (κ3) is 2.85. The lowest BCUT2D eigenvalue weighted by Crippen LogP contribution is -1.87. The average Bonchev–Trinajstić information content (AvgIpc) is 2.96. The number of methoxy groups -OCH3 is 1. The van der Waals surface area contributed by atoms with Gasteiger partial charge in [-0.15, -0.1) is 0 Å². The van der Waals surface area contributed by atoms with Crippen LogP contribution in [-0.4, -0.2) is 22.2 Å². The third-order valence-electron chi connectivity index (χ3n) is 3.33. The fourth-order valence-corrected chi connectivity index (χ4v) is 2.21. The van der Waals surface area contributed by atoms with E-state index in [0.717, 1.165) is 0 Å². The standard InChI is InChI=1S/C17H12FN3O2/c1-23-16-7-10(2-5-15(16)22)6-11(9-19)17-20-13-4-3-12(18)8-14(13)21-17/h2-8,22H,1H3,(H,20,21)/b11-6-. The highest BCUT2D eigenvalue weighted by Gasteiger charge is 2.09. The zero-order valence-corrected chi connectivity index (χ0v) is 12.2. The minimum absolute atomic E-state index is 0.0161. The van der Waals surface area contributed by atoms with E-state index in [2.05, 4.69) is 16.0 Å². The number of phenols is 1. The van der Waals surface area contributed by atoms with Crippen molar-refractivity contribution in [2.24, 2.45) is 0 Å². The molecule has 2 N–H and O–H groups in total. The van der Waals surface area contributed by atoms with Crippen molar-refractivity contribution in [2.45, 2.75) is 0 Å². The molecule has 2 aromatic carbocycles. The summed E-state index contributed by atoms with van der Waals surface area (Å²) in [6, 6.07) is 11.0. The summed E-state index contributed by atoms with van der Waals surface area (Å²) in [5.74, 6) is 0.295. The van der Waals surface area contributed by atoms with Gasteiger partial charge in [-0.1, -0.05) is 6.07 Å². The number of nitriles is 1. The maximum atomic E-state index is 13.2. The number of imidazole rings is 1. The average molecular weight is 309 g/mol. The van der Waals surface area contributed by atoms with Gasteiger partial charge in [-0.3, -0.25) is 0 Å². The first-order valence-corrected chi connectivity index (χ1v) is 6.75. The molecule has 0 aliphatic heterocycles. The number of fused-ring (bicyclic) bond motifs is 1. The molecule has 0 radical (unpaired) electrons. The molecule has 0 amide bonds. The van der Waals surface area contributed by atoms with Crippen LogP contribution in [0.5, 0.6) is 11.5 Å². The molecule has 0 saturated carbocycles. The summed E-state index contributed by atoms with van der Waals surface area (Å²) < 4.78 is 18.3. The Morgan fingerprint density at radius 3 is 2.91 bits per heavy atom. The highest BCUT2D eigenvalue weighted by atomic mass is 19.1. The normalized spacial score (nSPS) is 11.4. The summed E-state index contributed by atoms with van der Waals surface area (Å²) in [7, 11) is 1.45. The smallest absolute Gasteiger partial charge is 0.161 e. The first-order valence-electron chi connectivity index (χ1n) is 6.75. The molecule has 0 bridgehead atoms. The van der Waals surface area contributed by atoms with Crippen molar-refractivity contribution < 1.29 is 14.2 Å². The number of nitrogens with one attached hydrogen (secondary N) is 1. The second kappa shape index (κ2) is 5.81. The molecule has 5 nitrogen and oxygen atoms in total. The predicted octanol–water partition coefficient (Wildman–Crippen LogP) is 3.48. The topological polar surface area (TPSA) is 81.9 Å². The second-order valence-corrected chi connectivity index (χ2v) is 4.85. The lowest BCUT2D eigenvalue weighted by Gasteiger charge is -2.04. The summed E-state index contributed by atoms with van der Waals surface area (Å²) in [6.45, 7) is 0. The zero-order valence-electron chi connectivity index (χ0n) is 12.2. The number of aromatic hydroxyl groups is 1. The van der Waals surface area contributed by atoms with Crippen LogP contribution in [0.25, 0.3) is 22.7 Å². The van der Waals surface area contributed by atoms with Gasteiger partial charge in [0.15, 0.2) is 11.5 Å². The molecule has 3 aromatic rings. The minimum Gasteiger partial charge on any atom is -0.504 e. The first-order chi connectivity index (χ1) is 11.1. The number of nitrogens with zero attached hydrogens (tertiary/aromatic N) is 2. The molecule has 0 aliphatic rings. The third-order valence-corrected chi connectivity index (χ3v) is 3.33. The predicted molar refractivity (Wildman–Crippen MR) is 84.2 cm³/mol. The largest absolute Gasteiger partial charge is 0.504 e. The Morgan fingerprint density at radius 2 is 2.17 bits per heavy atom. The van der Waals surface area contributed by atoms with Crippen LogP contribution >= 0.6 is 0 Å². The highest BCUT2D eigenvalue weighted by Crippen LogP contribution is 2.28. The Labute approximate surface area is 131 Å². The molecular formula is C17H12FN3O2. The summed E-state index contributed by atoms with van der Waals surface area (Å²) in [6.07, 6.45) is 1.61. The van der Waals surface area contributed by atoms with Gasteiger partial charge >= 0.3 is 0 Å². The number of benzene rings is 2. The van der Waals surface area contributed by atoms with Gasteiger partial charge in [-0.2, -0.15) is 5.26 Å². The molecule has 0 fully saturated rings. The number of hydrogen-bond donors (Lipinski definition) is 2. The molecule has 0 saturated heterocycles. The molecule has 0 spiro atoms. The van der Waals surface area contributed by atoms with Crippen molar-refractivity contribution in [1.82, 2.24) is 9.97 Å². The number of phenolic OH excluding ortho intramolecular Hbond substituents is 1. The quantitative estimate of drug-likeness (QED) is 0.726. The molecule has 1 heterocycles. The molecule has 6 heteroatoms. The number of ether oxygens (including phenoxy) is 1. The molecule has 3 rings (SSSR count). The van der Waals surface area contributed by atoms with Gasteiger partial charge in [0, 0.05) is 0 Å². The monoisotopic (exact) mass is 309 g/mol. The van der Waals surface area contributed by atoms with Crippen molar-refractivity contribution >= 4 is 22.7 Å². The SMILES string of the molecule is COc1cc(/C=C(/C#N)c2nc3ccc(F)cc3[nH]2)ccc1O. The molecule has 23 heavy (non-hydrogen) atoms.